The summed E-state index contributed by atoms with van der Waals surface area (Å²) in [7, 11) is 0. The minimum Gasteiger partial charge on any atom is -0.403 e. The Balaban J connectivity index is 0.00000363. The number of hydrazine groups is 1. The van der Waals surface area contributed by atoms with Gasteiger partial charge in [-0.3, -0.25) is 19.3 Å². The molecule has 0 spiro atoms. The molecule has 5 N–H and O–H groups in total. The topological polar surface area (TPSA) is 119 Å². The monoisotopic (exact) mass is 436 g/mol. The van der Waals surface area contributed by atoms with Crippen LogP contribution in [0.25, 0.3) is 10.9 Å². The molecule has 0 saturated carbocycles. The first-order chi connectivity index (χ1) is 14.5. The second kappa shape index (κ2) is 8.26. The van der Waals surface area contributed by atoms with Crippen LogP contribution in [0.2, 0.25) is 0 Å². The van der Waals surface area contributed by atoms with E-state index in [9.17, 15) is 22.8 Å². The van der Waals surface area contributed by atoms with Crippen molar-refractivity contribution >= 4 is 16.8 Å². The second-order valence-corrected chi connectivity index (χ2v) is 7.19. The molecular formula is C20H23F3N6O2. The fourth-order valence-electron chi connectivity index (χ4n) is 3.09. The molecule has 0 fully saturated rings. The number of carbonyl (C=O) groups excluding carboxylic acids is 1. The molecule has 2 heterocycles. The number of fused-ring (bicyclic) bond motifs is 1. The fraction of sp³-hybridized carbons (Fsp3) is 0.250. The first-order valence-corrected chi connectivity index (χ1v) is 9.29. The molecule has 0 saturated heterocycles. The van der Waals surface area contributed by atoms with Crippen molar-refractivity contribution < 1.29 is 19.4 Å². The number of carbonyl (C=O) groups is 1. The zero-order valence-electron chi connectivity index (χ0n) is 16.8. The summed E-state index contributed by atoms with van der Waals surface area (Å²) in [5.41, 5.74) is 4.81. The van der Waals surface area contributed by atoms with Gasteiger partial charge in [-0.15, -0.1) is 0 Å². The number of nitrogens with two attached hydrogens (primary N) is 2. The van der Waals surface area contributed by atoms with Crippen molar-refractivity contribution in [2.45, 2.75) is 32.5 Å². The molecule has 166 valence electrons. The van der Waals surface area contributed by atoms with Crippen LogP contribution in [0.15, 0.2) is 58.9 Å². The standard InChI is InChI=1S/C20H21F3N6O2.H2/c1-11(2)29-17-7-12(20(21,22)23)3-6-15(17)19(31)16(27-29)8-18(30)26-13-4-5-14(9-24)28(25)10-13;/h3-7,9-11H,8,24-25H2,1-2H3,(H,26,30);1H/b14-9-;. The van der Waals surface area contributed by atoms with E-state index in [1.807, 2.05) is 0 Å². The van der Waals surface area contributed by atoms with Crippen molar-refractivity contribution in [1.82, 2.24) is 20.1 Å². The van der Waals surface area contributed by atoms with E-state index in [1.54, 1.807) is 26.0 Å². The zero-order chi connectivity index (χ0) is 22.9. The number of nitrogens with one attached hydrogen (secondary N) is 1. The van der Waals surface area contributed by atoms with Gasteiger partial charge < -0.3 is 11.1 Å². The Morgan fingerprint density at radius 1 is 1.32 bits per heavy atom. The van der Waals surface area contributed by atoms with Gasteiger partial charge in [0.15, 0.2) is 0 Å². The molecule has 31 heavy (non-hydrogen) atoms. The number of hydrogen-bond acceptors (Lipinski definition) is 6. The highest BCUT2D eigenvalue weighted by Gasteiger charge is 2.31. The van der Waals surface area contributed by atoms with Crippen molar-refractivity contribution in [1.29, 1.82) is 0 Å². The van der Waals surface area contributed by atoms with Crippen LogP contribution in [-0.4, -0.2) is 20.7 Å². The molecule has 8 nitrogen and oxygen atoms in total. The predicted octanol–water partition coefficient (Wildman–Crippen LogP) is 2.29. The van der Waals surface area contributed by atoms with Crippen LogP contribution < -0.4 is 22.3 Å². The maximum Gasteiger partial charge on any atom is 0.416 e. The summed E-state index contributed by atoms with van der Waals surface area (Å²) < 4.78 is 40.6. The number of rotatable bonds is 4. The molecule has 0 atom stereocenters. The van der Waals surface area contributed by atoms with Crippen molar-refractivity contribution in [3.8, 4) is 0 Å². The van der Waals surface area contributed by atoms with Crippen LogP contribution in [0, 0.1) is 0 Å². The van der Waals surface area contributed by atoms with Crippen LogP contribution in [0.4, 0.5) is 13.2 Å². The van der Waals surface area contributed by atoms with Crippen LogP contribution in [0.3, 0.4) is 0 Å². The van der Waals surface area contributed by atoms with E-state index < -0.39 is 23.1 Å². The third-order valence-corrected chi connectivity index (χ3v) is 4.59. The summed E-state index contributed by atoms with van der Waals surface area (Å²) in [5, 5.41) is 8.05. The number of halogens is 3. The number of alkyl halides is 3. The van der Waals surface area contributed by atoms with E-state index in [2.05, 4.69) is 10.4 Å². The molecule has 0 radical (unpaired) electrons. The fourth-order valence-corrected chi connectivity index (χ4v) is 3.09. The Hall–Kier alpha value is -3.60. The molecule has 1 aromatic carbocycles. The third kappa shape index (κ3) is 4.61. The minimum atomic E-state index is -4.55. The summed E-state index contributed by atoms with van der Waals surface area (Å²) in [4.78, 5) is 25.3. The molecule has 0 unspecified atom stereocenters. The molecule has 0 aliphatic carbocycles. The normalized spacial score (nSPS) is 15.6. The Morgan fingerprint density at radius 2 is 2.03 bits per heavy atom. The van der Waals surface area contributed by atoms with Gasteiger partial charge in [-0.25, -0.2) is 5.84 Å². The number of nitrogens with zero attached hydrogens (tertiary/aromatic N) is 3. The molecule has 1 aliphatic heterocycles. The van der Waals surface area contributed by atoms with Gasteiger partial charge in [0.2, 0.25) is 11.3 Å². The summed E-state index contributed by atoms with van der Waals surface area (Å²) in [6, 6.07) is 2.50. The molecule has 11 heteroatoms. The van der Waals surface area contributed by atoms with E-state index in [4.69, 9.17) is 11.6 Å². The van der Waals surface area contributed by atoms with Gasteiger partial charge in [-0.2, -0.15) is 18.3 Å². The molecule has 0 bridgehead atoms. The minimum absolute atomic E-state index is 0. The van der Waals surface area contributed by atoms with Crippen LogP contribution >= 0.6 is 0 Å². The summed E-state index contributed by atoms with van der Waals surface area (Å²) in [5.74, 6) is 5.22. The first-order valence-electron chi connectivity index (χ1n) is 9.29. The van der Waals surface area contributed by atoms with Crippen LogP contribution in [0.5, 0.6) is 0 Å². The average Bonchev–Trinajstić information content (AvgIpc) is 2.69. The average molecular weight is 436 g/mol. The van der Waals surface area contributed by atoms with Gasteiger partial charge in [0.05, 0.1) is 28.9 Å². The van der Waals surface area contributed by atoms with Gasteiger partial charge in [0, 0.05) is 25.3 Å². The van der Waals surface area contributed by atoms with Crippen molar-refractivity contribution in [2.24, 2.45) is 11.6 Å². The molecule has 1 amide bonds. The molecule has 1 aromatic heterocycles. The lowest BCUT2D eigenvalue weighted by molar-refractivity contribution is -0.137. The van der Waals surface area contributed by atoms with Crippen molar-refractivity contribution in [3.63, 3.8) is 0 Å². The second-order valence-electron chi connectivity index (χ2n) is 7.19. The van der Waals surface area contributed by atoms with Gasteiger partial charge in [0.25, 0.3) is 0 Å². The number of allylic oxidation sites excluding steroid dienone is 2. The van der Waals surface area contributed by atoms with Gasteiger partial charge >= 0.3 is 6.18 Å². The highest BCUT2D eigenvalue weighted by molar-refractivity contribution is 5.83. The Kier molecular flexibility index (Phi) is 5.89. The summed E-state index contributed by atoms with van der Waals surface area (Å²) >= 11 is 0. The van der Waals surface area contributed by atoms with Crippen LogP contribution in [-0.2, 0) is 17.4 Å². The van der Waals surface area contributed by atoms with E-state index in [0.29, 0.717) is 11.4 Å². The highest BCUT2D eigenvalue weighted by atomic mass is 19.4. The van der Waals surface area contributed by atoms with E-state index in [1.165, 1.54) is 22.1 Å². The zero-order valence-corrected chi connectivity index (χ0v) is 16.8. The number of benzene rings is 1. The van der Waals surface area contributed by atoms with Crippen molar-refractivity contribution in [3.05, 3.63) is 75.6 Å². The smallest absolute Gasteiger partial charge is 0.403 e. The molecule has 3 rings (SSSR count). The van der Waals surface area contributed by atoms with Gasteiger partial charge in [0.1, 0.15) is 5.69 Å². The van der Waals surface area contributed by atoms with Crippen LogP contribution in [0.1, 0.15) is 32.6 Å². The Bertz CT molecular complexity index is 1180. The maximum absolute atomic E-state index is 13.1. The SMILES string of the molecule is CC(C)n1nc(CC(=O)NC2=CN(N)/C(=C\N)C=C2)c(=O)c2ccc(C(F)(F)F)cc21.[HH]. The Morgan fingerprint density at radius 3 is 2.61 bits per heavy atom. The summed E-state index contributed by atoms with van der Waals surface area (Å²) in [6.45, 7) is 3.44. The first kappa shape index (κ1) is 22.1. The van der Waals surface area contributed by atoms with E-state index in [-0.39, 0.29) is 30.5 Å². The number of aromatic nitrogens is 2. The summed E-state index contributed by atoms with van der Waals surface area (Å²) in [6.07, 6.45) is 0.991. The molecule has 2 aromatic rings. The van der Waals surface area contributed by atoms with E-state index >= 15 is 0 Å². The van der Waals surface area contributed by atoms with Gasteiger partial charge in [-0.1, -0.05) is 0 Å². The third-order valence-electron chi connectivity index (χ3n) is 4.59. The maximum atomic E-state index is 13.1. The highest BCUT2D eigenvalue weighted by Crippen LogP contribution is 2.31. The lowest BCUT2D eigenvalue weighted by Crippen LogP contribution is -2.33. The molecule has 1 aliphatic rings. The van der Waals surface area contributed by atoms with Crippen molar-refractivity contribution in [2.75, 3.05) is 0 Å². The van der Waals surface area contributed by atoms with Gasteiger partial charge in [-0.05, 0) is 44.2 Å². The largest absolute Gasteiger partial charge is 0.416 e. The predicted molar refractivity (Wildman–Crippen MR) is 111 cm³/mol. The van der Waals surface area contributed by atoms with E-state index in [0.717, 1.165) is 18.2 Å². The number of hydrogen-bond donors (Lipinski definition) is 3. The molecular weight excluding hydrogens is 413 g/mol. The lowest BCUT2D eigenvalue weighted by Gasteiger charge is -2.20. The Labute approximate surface area is 176 Å². The lowest BCUT2D eigenvalue weighted by atomic mass is 10.1. The number of amides is 1. The quantitative estimate of drug-likeness (QED) is 0.633.